The van der Waals surface area contributed by atoms with Gasteiger partial charge in [-0.2, -0.15) is 13.1 Å². The van der Waals surface area contributed by atoms with Crippen LogP contribution in [-0.2, 0) is 20.8 Å². The summed E-state index contributed by atoms with van der Waals surface area (Å²) in [4.78, 5) is 0. The lowest BCUT2D eigenvalue weighted by molar-refractivity contribution is -0.000950. The third-order valence-electron chi connectivity index (χ3n) is 2.54. The van der Waals surface area contributed by atoms with Crippen LogP contribution in [0.4, 0.5) is 35.5 Å². The van der Waals surface area contributed by atoms with E-state index in [1.165, 1.54) is 23.5 Å². The molecule has 13 heteroatoms. The van der Waals surface area contributed by atoms with E-state index in [1.807, 2.05) is 6.92 Å². The highest BCUT2D eigenvalue weighted by Gasteiger charge is 2.25. The van der Waals surface area contributed by atoms with Gasteiger partial charge in [-0.1, -0.05) is 22.6 Å². The fourth-order valence-corrected chi connectivity index (χ4v) is 2.62. The molecule has 0 aliphatic heterocycles. The third kappa shape index (κ3) is 4.24. The second kappa shape index (κ2) is 7.63. The average Bonchev–Trinajstić information content (AvgIpc) is 3.02. The highest BCUT2D eigenvalue weighted by Crippen LogP contribution is 2.34. The first-order valence-electron chi connectivity index (χ1n) is 6.36. The predicted octanol–water partition coefficient (Wildman–Crippen LogP) is 4.24. The topological polar surface area (TPSA) is 115 Å². The molecule has 1 heterocycles. The lowest BCUT2D eigenvalue weighted by Crippen LogP contribution is -2.10. The van der Waals surface area contributed by atoms with E-state index < -0.39 is 15.8 Å². The molecule has 8 nitrogen and oxygen atoms in total. The number of nitrogens with two attached hydrogens (primary N) is 1. The van der Waals surface area contributed by atoms with Crippen molar-refractivity contribution in [2.75, 3.05) is 5.73 Å². The molecule has 2 N–H and O–H groups in total. The van der Waals surface area contributed by atoms with Gasteiger partial charge in [0.05, 0.1) is 0 Å². The van der Waals surface area contributed by atoms with Crippen LogP contribution in [0, 0.1) is 0 Å². The number of alkyl halides is 2. The molecule has 2 aromatic rings. The molecule has 0 aliphatic carbocycles. The molecule has 0 amide bonds. The Kier molecular flexibility index (Phi) is 5.80. The minimum atomic E-state index is -4.88. The highest BCUT2D eigenvalue weighted by molar-refractivity contribution is 7.89. The first kappa shape index (κ1) is 18.2. The zero-order valence-corrected chi connectivity index (χ0v) is 13.7. The van der Waals surface area contributed by atoms with Gasteiger partial charge >= 0.3 is 5.76 Å². The molecule has 130 valence electrons. The Bertz CT molecular complexity index is 863. The van der Waals surface area contributed by atoms with Gasteiger partial charge in [-0.3, -0.25) is 0 Å². The standard InChI is InChI=1S/C11H11F3N6O2S2/c1-2-9-17-19-11(23-9)18-16-7-4-3-6(15)5-8(7)20-24(21,22-14)10(12)13/h3-5,10H,2,15H2,1H3. The van der Waals surface area contributed by atoms with E-state index in [1.54, 1.807) is 0 Å². The molecule has 0 radical (unpaired) electrons. The number of rotatable bonds is 6. The van der Waals surface area contributed by atoms with Crippen LogP contribution >= 0.6 is 11.3 Å². The minimum Gasteiger partial charge on any atom is -0.399 e. The van der Waals surface area contributed by atoms with Gasteiger partial charge < -0.3 is 5.73 Å². The molecule has 1 unspecified atom stereocenters. The minimum absolute atomic E-state index is 0.0668. The van der Waals surface area contributed by atoms with E-state index in [-0.39, 0.29) is 22.2 Å². The van der Waals surface area contributed by atoms with Crippen LogP contribution in [-0.4, -0.2) is 20.2 Å². The van der Waals surface area contributed by atoms with Crippen molar-refractivity contribution in [2.24, 2.45) is 14.6 Å². The number of benzene rings is 1. The smallest absolute Gasteiger partial charge is 0.345 e. The van der Waals surface area contributed by atoms with Crippen LogP contribution in [0.2, 0.25) is 0 Å². The number of nitrogen functional groups attached to an aromatic ring is 1. The molecule has 1 aromatic carbocycles. The second-order valence-corrected chi connectivity index (χ2v) is 6.95. The Morgan fingerprint density at radius 2 is 2.08 bits per heavy atom. The monoisotopic (exact) mass is 380 g/mol. The summed E-state index contributed by atoms with van der Waals surface area (Å²) in [5.74, 6) is -3.66. The van der Waals surface area contributed by atoms with Gasteiger partial charge in [-0.25, -0.2) is 4.21 Å². The summed E-state index contributed by atoms with van der Waals surface area (Å²) in [7, 11) is -4.88. The molecule has 0 aliphatic rings. The number of halogens is 3. The Labute approximate surface area is 138 Å². The number of hydrogen-bond donors (Lipinski definition) is 1. The maximum atomic E-state index is 12.7. The van der Waals surface area contributed by atoms with Gasteiger partial charge in [0.2, 0.25) is 0 Å². The molecule has 2 rings (SSSR count). The Morgan fingerprint density at radius 3 is 2.67 bits per heavy atom. The molecule has 0 fully saturated rings. The zero-order chi connectivity index (χ0) is 17.7. The lowest BCUT2D eigenvalue weighted by Gasteiger charge is -2.05. The molecular weight excluding hydrogens is 369 g/mol. The predicted molar refractivity (Wildman–Crippen MR) is 82.7 cm³/mol. The van der Waals surface area contributed by atoms with Gasteiger partial charge in [0.15, 0.2) is 0 Å². The largest absolute Gasteiger partial charge is 0.399 e. The molecular formula is C11H11F3N6O2S2. The van der Waals surface area contributed by atoms with Crippen molar-refractivity contribution in [3.63, 3.8) is 0 Å². The molecule has 0 spiro atoms. The maximum Gasteiger partial charge on any atom is 0.345 e. The van der Waals surface area contributed by atoms with Crippen LogP contribution in [0.25, 0.3) is 0 Å². The quantitative estimate of drug-likeness (QED) is 0.594. The van der Waals surface area contributed by atoms with Crippen molar-refractivity contribution in [1.29, 1.82) is 0 Å². The van der Waals surface area contributed by atoms with Gasteiger partial charge in [0.25, 0.3) is 15.1 Å². The van der Waals surface area contributed by atoms with Crippen LogP contribution in [0.15, 0.2) is 32.8 Å². The number of azo groups is 1. The Hall–Kier alpha value is -2.12. The number of nitrogens with zero attached hydrogens (tertiary/aromatic N) is 5. The van der Waals surface area contributed by atoms with Crippen LogP contribution in [0.1, 0.15) is 11.9 Å². The summed E-state index contributed by atoms with van der Waals surface area (Å²) >= 11 is 1.18. The van der Waals surface area contributed by atoms with E-state index in [2.05, 4.69) is 29.2 Å². The molecule has 0 saturated carbocycles. The van der Waals surface area contributed by atoms with Crippen LogP contribution < -0.4 is 5.73 Å². The summed E-state index contributed by atoms with van der Waals surface area (Å²) in [6.07, 6.45) is 0.667. The summed E-state index contributed by atoms with van der Waals surface area (Å²) in [6.45, 7) is 1.89. The number of aromatic nitrogens is 2. The van der Waals surface area contributed by atoms with Crippen molar-refractivity contribution >= 4 is 43.5 Å². The third-order valence-corrected chi connectivity index (χ3v) is 4.58. The van der Waals surface area contributed by atoms with E-state index >= 15 is 0 Å². The fraction of sp³-hybridized carbons (Fsp3) is 0.273. The van der Waals surface area contributed by atoms with E-state index in [0.717, 1.165) is 11.1 Å². The van der Waals surface area contributed by atoms with E-state index in [0.29, 0.717) is 6.42 Å². The molecule has 0 saturated heterocycles. The van der Waals surface area contributed by atoms with E-state index in [4.69, 9.17) is 5.73 Å². The maximum absolute atomic E-state index is 12.7. The Balaban J connectivity index is 2.45. The van der Waals surface area contributed by atoms with Crippen molar-refractivity contribution in [2.45, 2.75) is 19.1 Å². The van der Waals surface area contributed by atoms with Gasteiger partial charge in [-0.05, 0) is 29.1 Å². The van der Waals surface area contributed by atoms with Crippen molar-refractivity contribution in [3.05, 3.63) is 23.2 Å². The molecule has 0 bridgehead atoms. The summed E-state index contributed by atoms with van der Waals surface area (Å²) in [6, 6.07) is 3.78. The van der Waals surface area contributed by atoms with Gasteiger partial charge in [0, 0.05) is 5.69 Å². The average molecular weight is 380 g/mol. The van der Waals surface area contributed by atoms with Crippen LogP contribution in [0.3, 0.4) is 0 Å². The SMILES string of the molecule is CCc1nnc(N=Nc2ccc(N)cc2N=S(=O)(OF)C(F)F)s1. The van der Waals surface area contributed by atoms with Gasteiger partial charge in [0.1, 0.15) is 16.4 Å². The summed E-state index contributed by atoms with van der Waals surface area (Å²) in [5, 5.41) is 16.1. The lowest BCUT2D eigenvalue weighted by atomic mass is 10.2. The Morgan fingerprint density at radius 1 is 1.33 bits per heavy atom. The number of aryl methyl sites for hydroxylation is 1. The molecule has 1 atom stereocenters. The van der Waals surface area contributed by atoms with Crippen LogP contribution in [0.5, 0.6) is 0 Å². The fourth-order valence-electron chi connectivity index (χ4n) is 1.44. The highest BCUT2D eigenvalue weighted by atomic mass is 32.2. The van der Waals surface area contributed by atoms with E-state index in [9.17, 15) is 17.5 Å². The number of anilines is 1. The first-order valence-corrected chi connectivity index (χ1v) is 8.68. The molecule has 24 heavy (non-hydrogen) atoms. The summed E-state index contributed by atoms with van der Waals surface area (Å²) in [5.41, 5.74) is 5.22. The van der Waals surface area contributed by atoms with Crippen molar-refractivity contribution in [3.8, 4) is 0 Å². The first-order chi connectivity index (χ1) is 11.4. The number of hydrogen-bond acceptors (Lipinski definition) is 9. The molecule has 1 aromatic heterocycles. The van der Waals surface area contributed by atoms with Gasteiger partial charge in [-0.15, -0.1) is 20.4 Å². The normalized spacial score (nSPS) is 14.2. The second-order valence-electron chi connectivity index (χ2n) is 4.21. The van der Waals surface area contributed by atoms with Crippen molar-refractivity contribution < 1.29 is 21.9 Å². The zero-order valence-electron chi connectivity index (χ0n) is 12.1. The summed E-state index contributed by atoms with van der Waals surface area (Å²) < 4.78 is 55.1. The van der Waals surface area contributed by atoms with Crippen molar-refractivity contribution in [1.82, 2.24) is 10.2 Å².